The van der Waals surface area contributed by atoms with Crippen LogP contribution in [0.25, 0.3) is 0 Å². The summed E-state index contributed by atoms with van der Waals surface area (Å²) >= 11 is 0. The highest BCUT2D eigenvalue weighted by Crippen LogP contribution is 2.82. The van der Waals surface area contributed by atoms with Gasteiger partial charge < -0.3 is 14.8 Å². The molecule has 5 saturated carbocycles. The van der Waals surface area contributed by atoms with Gasteiger partial charge in [0.1, 0.15) is 0 Å². The fourth-order valence-electron chi connectivity index (χ4n) is 10.0. The van der Waals surface area contributed by atoms with E-state index >= 15 is 0 Å². The second-order valence-electron chi connectivity index (χ2n) is 11.8. The van der Waals surface area contributed by atoms with E-state index in [0.717, 1.165) is 30.2 Å². The molecular weight excluding hydrogens is 362 g/mol. The molecule has 164 valence electrons. The number of hydrogen-bond donors (Lipinski definition) is 1. The van der Waals surface area contributed by atoms with Crippen molar-refractivity contribution >= 4 is 6.09 Å². The second kappa shape index (κ2) is 6.61. The Kier molecular flexibility index (Phi) is 4.59. The van der Waals surface area contributed by atoms with Crippen molar-refractivity contribution in [3.05, 3.63) is 0 Å². The summed E-state index contributed by atoms with van der Waals surface area (Å²) in [5.41, 5.74) is 1.45. The summed E-state index contributed by atoms with van der Waals surface area (Å²) in [6, 6.07) is 0. The van der Waals surface area contributed by atoms with Crippen molar-refractivity contribution in [2.24, 2.45) is 51.8 Å². The summed E-state index contributed by atoms with van der Waals surface area (Å²) in [5.74, 6) is 4.72. The molecule has 0 radical (unpaired) electrons. The highest BCUT2D eigenvalue weighted by Gasteiger charge is 2.77. The summed E-state index contributed by atoms with van der Waals surface area (Å²) < 4.78 is 11.0. The van der Waals surface area contributed by atoms with Crippen molar-refractivity contribution in [3.63, 3.8) is 0 Å². The van der Waals surface area contributed by atoms with Crippen LogP contribution in [0.2, 0.25) is 0 Å². The van der Waals surface area contributed by atoms with E-state index in [9.17, 15) is 4.79 Å². The van der Waals surface area contributed by atoms with Crippen LogP contribution in [0.5, 0.6) is 0 Å². The maximum Gasteiger partial charge on any atom is 0.406 e. The summed E-state index contributed by atoms with van der Waals surface area (Å²) in [7, 11) is 3.43. The number of carbonyl (C=O) groups excluding carboxylic acids is 1. The van der Waals surface area contributed by atoms with Gasteiger partial charge in [-0.05, 0) is 97.7 Å². The first-order valence-electron chi connectivity index (χ1n) is 12.2. The third kappa shape index (κ3) is 2.50. The molecule has 1 N–H and O–H groups in total. The molecule has 0 aromatic rings. The molecule has 0 aromatic carbocycles. The number of nitrogens with one attached hydrogen (secondary N) is 1. The fourth-order valence-corrected chi connectivity index (χ4v) is 10.0. The zero-order valence-corrected chi connectivity index (χ0v) is 19.1. The maximum absolute atomic E-state index is 11.6. The van der Waals surface area contributed by atoms with Gasteiger partial charge >= 0.3 is 6.09 Å². The molecule has 5 aliphatic rings. The van der Waals surface area contributed by atoms with Crippen LogP contribution in [0, 0.1) is 51.8 Å². The molecule has 29 heavy (non-hydrogen) atoms. The molecule has 0 aromatic heterocycles. The van der Waals surface area contributed by atoms with Gasteiger partial charge in [0.2, 0.25) is 0 Å². The smallest absolute Gasteiger partial charge is 0.406 e. The summed E-state index contributed by atoms with van der Waals surface area (Å²) in [4.78, 5) is 11.6. The second-order valence-corrected chi connectivity index (χ2v) is 11.8. The van der Waals surface area contributed by atoms with E-state index < -0.39 is 0 Å². The topological polar surface area (TPSA) is 47.6 Å². The van der Waals surface area contributed by atoms with Crippen molar-refractivity contribution in [2.75, 3.05) is 20.8 Å². The molecule has 5 fully saturated rings. The Morgan fingerprint density at radius 1 is 1.10 bits per heavy atom. The molecule has 5 aliphatic carbocycles. The van der Waals surface area contributed by atoms with Crippen LogP contribution >= 0.6 is 0 Å². The van der Waals surface area contributed by atoms with Gasteiger partial charge in [-0.2, -0.15) is 0 Å². The Bertz CT molecular complexity index is 681. The van der Waals surface area contributed by atoms with Crippen LogP contribution in [0.1, 0.15) is 72.1 Å². The van der Waals surface area contributed by atoms with Gasteiger partial charge in [0.25, 0.3) is 0 Å². The van der Waals surface area contributed by atoms with E-state index in [-0.39, 0.29) is 6.09 Å². The van der Waals surface area contributed by atoms with Crippen LogP contribution in [0.15, 0.2) is 0 Å². The first-order valence-corrected chi connectivity index (χ1v) is 12.2. The number of hydrogen-bond acceptors (Lipinski definition) is 3. The van der Waals surface area contributed by atoms with Crippen molar-refractivity contribution in [1.82, 2.24) is 5.32 Å². The Balaban J connectivity index is 1.37. The van der Waals surface area contributed by atoms with Gasteiger partial charge in [-0.25, -0.2) is 4.79 Å². The van der Waals surface area contributed by atoms with Gasteiger partial charge in [-0.3, -0.25) is 0 Å². The van der Waals surface area contributed by atoms with Crippen molar-refractivity contribution < 1.29 is 14.3 Å². The Morgan fingerprint density at radius 2 is 1.90 bits per heavy atom. The van der Waals surface area contributed by atoms with Crippen LogP contribution in [0.4, 0.5) is 4.79 Å². The Morgan fingerprint density at radius 3 is 2.59 bits per heavy atom. The van der Waals surface area contributed by atoms with Crippen LogP contribution in [-0.4, -0.2) is 33.0 Å². The fraction of sp³-hybridized carbons (Fsp3) is 0.960. The molecule has 1 unspecified atom stereocenters. The normalized spacial score (nSPS) is 53.3. The minimum absolute atomic E-state index is 0.297. The third-order valence-electron chi connectivity index (χ3n) is 11.3. The number of rotatable bonds is 4. The lowest BCUT2D eigenvalue weighted by molar-refractivity contribution is -0.160. The predicted molar refractivity (Wildman–Crippen MR) is 113 cm³/mol. The molecule has 0 aliphatic heterocycles. The van der Waals surface area contributed by atoms with Gasteiger partial charge in [0.15, 0.2) is 0 Å². The monoisotopic (exact) mass is 403 g/mol. The predicted octanol–water partition coefficient (Wildman–Crippen LogP) is 5.26. The van der Waals surface area contributed by atoms with Crippen molar-refractivity contribution in [1.29, 1.82) is 0 Å². The number of carbonyl (C=O) groups is 1. The number of alkyl carbamates (subject to hydrolysis) is 1. The molecule has 10 atom stereocenters. The molecule has 1 amide bonds. The standard InChI is InChI=1S/C25H41NO3/c1-15(14-26-22(27)29-5)18-6-7-19-17-12-21(28-4)25-13-16(25)8-11-24(25,3)20(17)9-10-23(18,19)2/h15-21H,6-14H2,1-5H3,(H,26,27)/t15-,16-,17+,18-,19+,20+,21?,23-,24-,25-/m1/s1. The molecule has 0 bridgehead atoms. The molecule has 0 saturated heterocycles. The number of amides is 1. The first kappa shape index (κ1) is 20.2. The summed E-state index contributed by atoms with van der Waals surface area (Å²) in [6.07, 6.45) is 11.3. The van der Waals surface area contributed by atoms with Gasteiger partial charge in [-0.15, -0.1) is 0 Å². The van der Waals surface area contributed by atoms with Gasteiger partial charge in [-0.1, -0.05) is 20.8 Å². The van der Waals surface area contributed by atoms with Crippen molar-refractivity contribution in [2.45, 2.75) is 78.2 Å². The van der Waals surface area contributed by atoms with E-state index in [1.54, 1.807) is 0 Å². The maximum atomic E-state index is 11.6. The first-order chi connectivity index (χ1) is 13.8. The van der Waals surface area contributed by atoms with E-state index in [0.29, 0.717) is 34.2 Å². The summed E-state index contributed by atoms with van der Waals surface area (Å²) in [6.45, 7) is 8.31. The minimum atomic E-state index is -0.297. The molecule has 4 nitrogen and oxygen atoms in total. The average molecular weight is 404 g/mol. The number of fused-ring (bicyclic) bond motifs is 4. The summed E-state index contributed by atoms with van der Waals surface area (Å²) in [5, 5.41) is 2.96. The Labute approximate surface area is 176 Å². The van der Waals surface area contributed by atoms with E-state index in [2.05, 4.69) is 26.1 Å². The Hall–Kier alpha value is -0.770. The zero-order chi connectivity index (χ0) is 20.6. The highest BCUT2D eigenvalue weighted by molar-refractivity contribution is 5.66. The molecular formula is C25H41NO3. The zero-order valence-electron chi connectivity index (χ0n) is 19.1. The molecule has 5 rings (SSSR count). The average Bonchev–Trinajstić information content (AvgIpc) is 3.22. The number of ether oxygens (including phenoxy) is 2. The number of methoxy groups -OCH3 is 2. The van der Waals surface area contributed by atoms with E-state index in [1.165, 1.54) is 58.5 Å². The lowest BCUT2D eigenvalue weighted by Crippen LogP contribution is -2.57. The molecule has 4 heteroatoms. The molecule has 1 spiro atoms. The lowest BCUT2D eigenvalue weighted by atomic mass is 9.45. The molecule has 0 heterocycles. The van der Waals surface area contributed by atoms with E-state index in [4.69, 9.17) is 9.47 Å². The van der Waals surface area contributed by atoms with Gasteiger partial charge in [0.05, 0.1) is 13.2 Å². The highest BCUT2D eigenvalue weighted by atomic mass is 16.5. The quantitative estimate of drug-likeness (QED) is 0.696. The van der Waals surface area contributed by atoms with Crippen molar-refractivity contribution in [3.8, 4) is 0 Å². The van der Waals surface area contributed by atoms with Gasteiger partial charge in [0, 0.05) is 19.1 Å². The largest absolute Gasteiger partial charge is 0.453 e. The van der Waals surface area contributed by atoms with Crippen LogP contribution < -0.4 is 5.32 Å². The lowest BCUT2D eigenvalue weighted by Gasteiger charge is -2.61. The van der Waals surface area contributed by atoms with Crippen LogP contribution in [-0.2, 0) is 9.47 Å². The SMILES string of the molecule is COC(=O)NC[C@@H](C)[C@H]1CC[C@H]2[C@@H]3CC(OC)[C@@]45C[C@H]4CC[C@]5(C)[C@H]3CC[C@]12C. The third-order valence-corrected chi connectivity index (χ3v) is 11.3. The van der Waals surface area contributed by atoms with E-state index in [1.807, 2.05) is 7.11 Å². The minimum Gasteiger partial charge on any atom is -0.453 e. The van der Waals surface area contributed by atoms with Crippen LogP contribution in [0.3, 0.4) is 0 Å².